The van der Waals surface area contributed by atoms with Gasteiger partial charge in [0.25, 0.3) is 0 Å². The smallest absolute Gasteiger partial charge is 0.335 e. The van der Waals surface area contributed by atoms with Crippen molar-refractivity contribution in [2.45, 2.75) is 17.7 Å². The quantitative estimate of drug-likeness (QED) is 0.610. The van der Waals surface area contributed by atoms with Crippen LogP contribution in [-0.4, -0.2) is 51.0 Å². The maximum absolute atomic E-state index is 11.9. The molecule has 1 aliphatic rings. The lowest BCUT2D eigenvalue weighted by Gasteiger charge is -2.25. The molecule has 4 N–H and O–H groups in total. The van der Waals surface area contributed by atoms with Crippen molar-refractivity contribution >= 4 is 41.2 Å². The molecule has 9 heteroatoms. The minimum atomic E-state index is -1.10. The number of hydrogen-bond donors (Lipinski definition) is 4. The van der Waals surface area contributed by atoms with E-state index in [2.05, 4.69) is 10.6 Å². The fraction of sp³-hybridized carbons (Fsp3) is 0.286. The maximum atomic E-state index is 11.9. The van der Waals surface area contributed by atoms with Gasteiger partial charge in [-0.05, 0) is 24.3 Å². The first kappa shape index (κ1) is 16.8. The summed E-state index contributed by atoms with van der Waals surface area (Å²) in [5.41, 5.74) is 0.523. The molecule has 0 saturated carbocycles. The van der Waals surface area contributed by atoms with Crippen molar-refractivity contribution in [1.82, 2.24) is 5.32 Å². The zero-order chi connectivity index (χ0) is 17.0. The summed E-state index contributed by atoms with van der Waals surface area (Å²) in [4.78, 5) is 45.2. The maximum Gasteiger partial charge on any atom is 0.335 e. The lowest BCUT2D eigenvalue weighted by Crippen LogP contribution is -2.51. The molecular formula is C14H14N2O6S. The zero-order valence-corrected chi connectivity index (χ0v) is 12.6. The molecule has 0 radical (unpaired) electrons. The first-order chi connectivity index (χ1) is 10.9. The largest absolute Gasteiger partial charge is 0.480 e. The molecule has 8 nitrogen and oxygen atoms in total. The van der Waals surface area contributed by atoms with Crippen LogP contribution >= 0.6 is 11.8 Å². The highest BCUT2D eigenvalue weighted by Crippen LogP contribution is 2.22. The molecule has 0 bridgehead atoms. The Morgan fingerprint density at radius 2 is 1.87 bits per heavy atom. The number of carboxylic acids is 2. The van der Waals surface area contributed by atoms with Gasteiger partial charge in [-0.3, -0.25) is 9.59 Å². The molecular weight excluding hydrogens is 324 g/mol. The van der Waals surface area contributed by atoms with Crippen LogP contribution in [0.2, 0.25) is 0 Å². The fourth-order valence-corrected chi connectivity index (χ4v) is 3.09. The number of nitrogens with one attached hydrogen (secondary N) is 2. The van der Waals surface area contributed by atoms with Crippen molar-refractivity contribution in [3.05, 3.63) is 29.8 Å². The van der Waals surface area contributed by atoms with Gasteiger partial charge in [0.1, 0.15) is 6.04 Å². The number of aromatic carboxylic acids is 1. The van der Waals surface area contributed by atoms with Crippen LogP contribution < -0.4 is 10.6 Å². The molecule has 1 heterocycles. The van der Waals surface area contributed by atoms with Crippen LogP contribution in [0.25, 0.3) is 0 Å². The summed E-state index contributed by atoms with van der Waals surface area (Å²) >= 11 is 1.12. The van der Waals surface area contributed by atoms with Crippen molar-refractivity contribution in [2.75, 3.05) is 11.1 Å². The Bertz CT molecular complexity index is 645. The highest BCUT2D eigenvalue weighted by molar-refractivity contribution is 8.00. The molecule has 122 valence electrons. The van der Waals surface area contributed by atoms with Crippen molar-refractivity contribution < 1.29 is 29.4 Å². The van der Waals surface area contributed by atoms with Gasteiger partial charge in [0.2, 0.25) is 11.8 Å². The molecule has 1 aromatic rings. The van der Waals surface area contributed by atoms with E-state index in [0.717, 1.165) is 11.8 Å². The number of amides is 2. The summed E-state index contributed by atoms with van der Waals surface area (Å²) in [6, 6.07) is 4.69. The number of benzene rings is 1. The van der Waals surface area contributed by atoms with E-state index in [0.29, 0.717) is 5.69 Å². The summed E-state index contributed by atoms with van der Waals surface area (Å²) in [5.74, 6) is -2.86. The minimum absolute atomic E-state index is 0.0937. The van der Waals surface area contributed by atoms with Crippen LogP contribution in [0.1, 0.15) is 16.8 Å². The Hall–Kier alpha value is -2.55. The van der Waals surface area contributed by atoms with Gasteiger partial charge in [0, 0.05) is 17.9 Å². The second-order valence-corrected chi connectivity index (χ2v) is 6.09. The van der Waals surface area contributed by atoms with E-state index < -0.39 is 35.0 Å². The number of carboxylic acid groups (broad SMARTS) is 2. The molecule has 23 heavy (non-hydrogen) atoms. The topological polar surface area (TPSA) is 133 Å². The van der Waals surface area contributed by atoms with E-state index in [4.69, 9.17) is 10.2 Å². The molecule has 2 unspecified atom stereocenters. The van der Waals surface area contributed by atoms with E-state index >= 15 is 0 Å². The van der Waals surface area contributed by atoms with Gasteiger partial charge in [-0.2, -0.15) is 0 Å². The van der Waals surface area contributed by atoms with Crippen molar-refractivity contribution in [3.8, 4) is 0 Å². The molecule has 0 aliphatic carbocycles. The Balaban J connectivity index is 1.88. The number of aliphatic carboxylic acids is 1. The predicted molar refractivity (Wildman–Crippen MR) is 82.5 cm³/mol. The summed E-state index contributed by atoms with van der Waals surface area (Å²) in [6.07, 6.45) is -0.0937. The van der Waals surface area contributed by atoms with Gasteiger partial charge in [-0.1, -0.05) is 0 Å². The summed E-state index contributed by atoms with van der Waals surface area (Å²) in [6.45, 7) is 0. The lowest BCUT2D eigenvalue weighted by molar-refractivity contribution is -0.141. The van der Waals surface area contributed by atoms with Gasteiger partial charge in [-0.15, -0.1) is 11.8 Å². The van der Waals surface area contributed by atoms with Gasteiger partial charge >= 0.3 is 11.9 Å². The third-order valence-electron chi connectivity index (χ3n) is 3.16. The van der Waals surface area contributed by atoms with E-state index in [9.17, 15) is 19.2 Å². The average molecular weight is 338 g/mol. The Morgan fingerprint density at radius 1 is 1.22 bits per heavy atom. The van der Waals surface area contributed by atoms with Crippen LogP contribution in [0.5, 0.6) is 0 Å². The molecule has 2 atom stereocenters. The van der Waals surface area contributed by atoms with Crippen LogP contribution in [-0.2, 0) is 14.4 Å². The highest BCUT2D eigenvalue weighted by Gasteiger charge is 2.33. The number of rotatable bonds is 5. The van der Waals surface area contributed by atoms with E-state index in [1.165, 1.54) is 24.3 Å². The fourth-order valence-electron chi connectivity index (χ4n) is 1.96. The Morgan fingerprint density at radius 3 is 2.39 bits per heavy atom. The minimum Gasteiger partial charge on any atom is -0.480 e. The van der Waals surface area contributed by atoms with E-state index in [-0.39, 0.29) is 17.7 Å². The van der Waals surface area contributed by atoms with Gasteiger partial charge in [0.05, 0.1) is 10.8 Å². The van der Waals surface area contributed by atoms with Crippen molar-refractivity contribution in [2.24, 2.45) is 0 Å². The molecule has 2 amide bonds. The van der Waals surface area contributed by atoms with Gasteiger partial charge in [0.15, 0.2) is 0 Å². The second kappa shape index (κ2) is 7.14. The van der Waals surface area contributed by atoms with E-state index in [1.807, 2.05) is 0 Å². The Kier molecular flexibility index (Phi) is 5.22. The summed E-state index contributed by atoms with van der Waals surface area (Å²) in [5, 5.41) is 21.9. The number of carbonyl (C=O) groups excluding carboxylic acids is 2. The predicted octanol–water partition coefficient (Wildman–Crippen LogP) is 0.398. The summed E-state index contributed by atoms with van der Waals surface area (Å²) in [7, 11) is 0. The number of hydrogen-bond acceptors (Lipinski definition) is 5. The monoisotopic (exact) mass is 338 g/mol. The molecule has 1 aliphatic heterocycles. The van der Waals surface area contributed by atoms with Crippen molar-refractivity contribution in [1.29, 1.82) is 0 Å². The molecule has 0 spiro atoms. The van der Waals surface area contributed by atoms with Crippen LogP contribution in [0.15, 0.2) is 24.3 Å². The first-order valence-electron chi connectivity index (χ1n) is 6.65. The van der Waals surface area contributed by atoms with Gasteiger partial charge < -0.3 is 20.8 Å². The average Bonchev–Trinajstić information content (AvgIpc) is 2.49. The SMILES string of the molecule is O=C(CC1SCC(C(=O)O)NC1=O)Nc1ccc(C(=O)O)cc1. The van der Waals surface area contributed by atoms with Crippen LogP contribution in [0.3, 0.4) is 0 Å². The highest BCUT2D eigenvalue weighted by atomic mass is 32.2. The number of carbonyl (C=O) groups is 4. The zero-order valence-electron chi connectivity index (χ0n) is 11.8. The third kappa shape index (κ3) is 4.46. The molecule has 0 aromatic heterocycles. The van der Waals surface area contributed by atoms with Crippen LogP contribution in [0, 0.1) is 0 Å². The normalized spacial score (nSPS) is 20.4. The molecule has 1 fully saturated rings. The molecule has 1 aromatic carbocycles. The molecule has 1 saturated heterocycles. The number of thioether (sulfide) groups is 1. The van der Waals surface area contributed by atoms with E-state index in [1.54, 1.807) is 0 Å². The van der Waals surface area contributed by atoms with Gasteiger partial charge in [-0.25, -0.2) is 9.59 Å². The lowest BCUT2D eigenvalue weighted by atomic mass is 10.2. The molecule has 2 rings (SSSR count). The van der Waals surface area contributed by atoms with Crippen molar-refractivity contribution in [3.63, 3.8) is 0 Å². The standard InChI is InChI=1S/C14H14N2O6S/c17-11(15-8-3-1-7(2-4-8)13(19)20)5-10-12(18)16-9(6-23-10)14(21)22/h1-4,9-10H,5-6H2,(H,15,17)(H,16,18)(H,19,20)(H,21,22). The summed E-state index contributed by atoms with van der Waals surface area (Å²) < 4.78 is 0. The first-order valence-corrected chi connectivity index (χ1v) is 7.69. The Labute approximate surface area is 135 Å². The third-order valence-corrected chi connectivity index (χ3v) is 4.47. The second-order valence-electron chi connectivity index (χ2n) is 4.86. The number of anilines is 1. The van der Waals surface area contributed by atoms with Crippen LogP contribution in [0.4, 0.5) is 5.69 Å².